The molecule has 14 rings (SSSR count). The third-order valence-electron chi connectivity index (χ3n) is 15.6. The molecule has 4 aromatic heterocycles. The van der Waals surface area contributed by atoms with Crippen molar-refractivity contribution in [2.45, 2.75) is 77.6 Å². The topological polar surface area (TPSA) is 56.4 Å². The molecule has 12 aromatic rings. The molecule has 0 amide bonds. The first-order valence-corrected chi connectivity index (χ1v) is 23.6. The predicted octanol–water partition coefficient (Wildman–Crippen LogP) is 15.2. The Balaban J connectivity index is 1.17. The molecular weight excluding hydrogens is 807 g/mol. The van der Waals surface area contributed by atoms with E-state index in [4.69, 9.17) is 13.3 Å². The Morgan fingerprint density at radius 3 is 1.82 bits per heavy atom. The zero-order valence-electron chi connectivity index (χ0n) is 38.5. The molecule has 0 saturated carbocycles. The SMILES string of the molecule is CC(C)(C)c1ccc(Nc2cc3oc4ccccc4c3cc2-c2c3c4c(c5cc6c(cc5n4-c4cc5oc7ccccc7c5cc4B3)C(C)(C)CCC6(C)C)c3c2oc2ccccc23)cc1. The highest BCUT2D eigenvalue weighted by Crippen LogP contribution is 2.52. The van der Waals surface area contributed by atoms with Crippen LogP contribution in [0.1, 0.15) is 78.0 Å². The molecule has 5 nitrogen and oxygen atoms in total. The summed E-state index contributed by atoms with van der Waals surface area (Å²) in [4.78, 5) is 0. The van der Waals surface area contributed by atoms with Crippen LogP contribution in [0.25, 0.3) is 104 Å². The van der Waals surface area contributed by atoms with Crippen molar-refractivity contribution < 1.29 is 13.3 Å². The highest BCUT2D eigenvalue weighted by Gasteiger charge is 2.40. The summed E-state index contributed by atoms with van der Waals surface area (Å²) in [5.74, 6) is 0. The van der Waals surface area contributed by atoms with Gasteiger partial charge < -0.3 is 23.1 Å². The molecule has 0 saturated heterocycles. The number of nitrogens with zero attached hydrogens (tertiary/aromatic N) is 1. The molecule has 0 atom stereocenters. The second-order valence-corrected chi connectivity index (χ2v) is 21.6. The summed E-state index contributed by atoms with van der Waals surface area (Å²) in [7, 11) is 0.709. The zero-order chi connectivity index (χ0) is 44.6. The standard InChI is InChI=1S/C60H49BN2O3/c1-58(2,3)32-20-22-33(23-21-32)62-44-30-50-37(34-14-8-11-17-47(34)64-50)26-39(44)54-55-56-52(53-36-16-10-13-19-49(36)66-57(53)54)40-27-41-42(60(6,7)25-24-59(41,4)5)29-45(40)63(56)46-31-51-38(28-43(46)61-55)35-15-9-12-18-48(35)65-51/h8-23,26-31,61-62H,24-25H2,1-7H3. The molecule has 6 heteroatoms. The van der Waals surface area contributed by atoms with Crippen molar-refractivity contribution in [2.24, 2.45) is 0 Å². The van der Waals surface area contributed by atoms with Gasteiger partial charge in [-0.2, -0.15) is 0 Å². The number of furan rings is 3. The molecule has 2 aliphatic rings. The first kappa shape index (κ1) is 38.1. The van der Waals surface area contributed by atoms with Crippen LogP contribution >= 0.6 is 0 Å². The maximum absolute atomic E-state index is 7.32. The quantitative estimate of drug-likeness (QED) is 0.180. The summed E-state index contributed by atoms with van der Waals surface area (Å²) in [6.45, 7) is 16.5. The van der Waals surface area contributed by atoms with Gasteiger partial charge in [-0.25, -0.2) is 0 Å². The van der Waals surface area contributed by atoms with Gasteiger partial charge in [0.15, 0.2) is 7.28 Å². The lowest BCUT2D eigenvalue weighted by Gasteiger charge is -2.42. The monoisotopic (exact) mass is 856 g/mol. The van der Waals surface area contributed by atoms with Gasteiger partial charge in [0.25, 0.3) is 0 Å². The Hall–Kier alpha value is -7.18. The first-order valence-electron chi connectivity index (χ1n) is 23.6. The van der Waals surface area contributed by atoms with Gasteiger partial charge >= 0.3 is 0 Å². The summed E-state index contributed by atoms with van der Waals surface area (Å²) >= 11 is 0. The molecule has 8 aromatic carbocycles. The van der Waals surface area contributed by atoms with Gasteiger partial charge in [-0.15, -0.1) is 0 Å². The van der Waals surface area contributed by atoms with Gasteiger partial charge in [-0.05, 0) is 99.8 Å². The molecule has 0 fully saturated rings. The average Bonchev–Trinajstić information content (AvgIpc) is 4.06. The Morgan fingerprint density at radius 1 is 0.561 bits per heavy atom. The smallest absolute Gasteiger partial charge is 0.198 e. The number of hydrogen-bond acceptors (Lipinski definition) is 4. The number of rotatable bonds is 3. The van der Waals surface area contributed by atoms with Gasteiger partial charge in [0.05, 0.1) is 16.7 Å². The fourth-order valence-electron chi connectivity index (χ4n) is 12.0. The number of para-hydroxylation sites is 3. The Morgan fingerprint density at radius 2 is 1.15 bits per heavy atom. The molecule has 1 aliphatic heterocycles. The third-order valence-corrected chi connectivity index (χ3v) is 15.6. The second kappa shape index (κ2) is 12.8. The van der Waals surface area contributed by atoms with Crippen molar-refractivity contribution in [1.29, 1.82) is 0 Å². The lowest BCUT2D eigenvalue weighted by Crippen LogP contribution is -2.37. The molecule has 0 unspecified atom stereocenters. The van der Waals surface area contributed by atoms with E-state index in [9.17, 15) is 0 Å². The summed E-state index contributed by atoms with van der Waals surface area (Å²) in [5, 5.41) is 13.2. The van der Waals surface area contributed by atoms with Crippen LogP contribution in [0.4, 0.5) is 11.4 Å². The summed E-state index contributed by atoms with van der Waals surface area (Å²) in [6.07, 6.45) is 2.28. The van der Waals surface area contributed by atoms with Crippen molar-refractivity contribution in [3.63, 3.8) is 0 Å². The maximum atomic E-state index is 7.32. The van der Waals surface area contributed by atoms with Crippen molar-refractivity contribution in [2.75, 3.05) is 5.32 Å². The number of benzene rings is 8. The van der Waals surface area contributed by atoms with Gasteiger partial charge in [-0.1, -0.05) is 127 Å². The van der Waals surface area contributed by atoms with E-state index in [1.807, 2.05) is 6.07 Å². The molecule has 320 valence electrons. The third kappa shape index (κ3) is 5.18. The summed E-state index contributed by atoms with van der Waals surface area (Å²) < 4.78 is 23.2. The van der Waals surface area contributed by atoms with Gasteiger partial charge in [0.1, 0.15) is 33.5 Å². The average molecular weight is 857 g/mol. The summed E-state index contributed by atoms with van der Waals surface area (Å²) in [5.41, 5.74) is 19.9. The van der Waals surface area contributed by atoms with Crippen molar-refractivity contribution >= 4 is 117 Å². The fraction of sp³-hybridized carbons (Fsp3) is 0.200. The van der Waals surface area contributed by atoms with Crippen molar-refractivity contribution in [3.8, 4) is 16.8 Å². The van der Waals surface area contributed by atoms with Crippen molar-refractivity contribution in [3.05, 3.63) is 150 Å². The minimum Gasteiger partial charge on any atom is -0.456 e. The van der Waals surface area contributed by atoms with E-state index in [-0.39, 0.29) is 16.2 Å². The van der Waals surface area contributed by atoms with Gasteiger partial charge in [0.2, 0.25) is 0 Å². The predicted molar refractivity (Wildman–Crippen MR) is 278 cm³/mol. The van der Waals surface area contributed by atoms with Crippen molar-refractivity contribution in [1.82, 2.24) is 4.57 Å². The molecule has 1 aliphatic carbocycles. The Labute approximate surface area is 383 Å². The number of hydrogen-bond donors (Lipinski definition) is 1. The molecule has 1 N–H and O–H groups in total. The highest BCUT2D eigenvalue weighted by atomic mass is 16.3. The van der Waals surface area contributed by atoms with Crippen LogP contribution in [-0.4, -0.2) is 11.8 Å². The van der Waals surface area contributed by atoms with Crippen LogP contribution in [0.5, 0.6) is 0 Å². The van der Waals surface area contributed by atoms with Crippen LogP contribution in [0.15, 0.2) is 147 Å². The number of anilines is 2. The normalized spacial score (nSPS) is 15.4. The van der Waals surface area contributed by atoms with Crippen LogP contribution < -0.4 is 16.2 Å². The zero-order valence-corrected chi connectivity index (χ0v) is 38.5. The molecule has 5 heterocycles. The largest absolute Gasteiger partial charge is 0.456 e. The fourth-order valence-corrected chi connectivity index (χ4v) is 12.0. The summed E-state index contributed by atoms with van der Waals surface area (Å²) in [6, 6.07) is 48.8. The van der Waals surface area contributed by atoms with E-state index in [0.717, 1.165) is 101 Å². The van der Waals surface area contributed by atoms with Crippen LogP contribution in [0, 0.1) is 0 Å². The van der Waals surface area contributed by atoms with Gasteiger partial charge in [0, 0.05) is 77.7 Å². The van der Waals surface area contributed by atoms with E-state index in [2.05, 4.69) is 186 Å². The lowest BCUT2D eigenvalue weighted by molar-refractivity contribution is 0.332. The highest BCUT2D eigenvalue weighted by molar-refractivity contribution is 6.74. The van der Waals surface area contributed by atoms with E-state index < -0.39 is 0 Å². The minimum absolute atomic E-state index is 0.0239. The lowest BCUT2D eigenvalue weighted by atomic mass is 9.58. The second-order valence-electron chi connectivity index (χ2n) is 21.6. The van der Waals surface area contributed by atoms with E-state index >= 15 is 0 Å². The molecule has 0 spiro atoms. The van der Waals surface area contributed by atoms with Crippen LogP contribution in [-0.2, 0) is 16.2 Å². The van der Waals surface area contributed by atoms with Crippen LogP contribution in [0.3, 0.4) is 0 Å². The minimum atomic E-state index is 0.0239. The Bertz CT molecular complexity index is 4090. The van der Waals surface area contributed by atoms with Crippen LogP contribution in [0.2, 0.25) is 0 Å². The molecular formula is C60H49BN2O3. The molecule has 66 heavy (non-hydrogen) atoms. The maximum Gasteiger partial charge on any atom is 0.198 e. The van der Waals surface area contributed by atoms with Gasteiger partial charge in [-0.3, -0.25) is 0 Å². The number of aromatic nitrogens is 1. The Kier molecular flexibility index (Phi) is 7.39. The molecule has 0 radical (unpaired) electrons. The van der Waals surface area contributed by atoms with E-state index in [0.29, 0.717) is 7.28 Å². The first-order chi connectivity index (χ1) is 31.8. The number of nitrogens with one attached hydrogen (secondary N) is 1. The van der Waals surface area contributed by atoms with E-state index in [1.165, 1.54) is 55.1 Å². The van der Waals surface area contributed by atoms with E-state index in [1.54, 1.807) is 0 Å². The molecule has 0 bridgehead atoms. The number of fused-ring (bicyclic) bond motifs is 16.